The summed E-state index contributed by atoms with van der Waals surface area (Å²) >= 11 is 12.3. The molecule has 0 aliphatic rings. The summed E-state index contributed by atoms with van der Waals surface area (Å²) in [5, 5.41) is 6.73. The van der Waals surface area contributed by atoms with E-state index in [1.807, 2.05) is 37.4 Å². The van der Waals surface area contributed by atoms with Crippen molar-refractivity contribution in [2.24, 2.45) is 7.05 Å². The minimum Gasteiger partial charge on any atom is -0.310 e. The second-order valence-electron chi connectivity index (χ2n) is 4.71. The smallest absolute Gasteiger partial charge is 0.256 e. The SMILES string of the molecule is [C-]#[N+]Cc1c2cccc(-c3ccc(Cl)cc3Cl)c2nn1C. The fourth-order valence-electron chi connectivity index (χ4n) is 2.46. The monoisotopic (exact) mass is 315 g/mol. The van der Waals surface area contributed by atoms with Gasteiger partial charge in [0.2, 0.25) is 0 Å². The zero-order valence-electron chi connectivity index (χ0n) is 11.3. The Morgan fingerprint density at radius 2 is 2.00 bits per heavy atom. The van der Waals surface area contributed by atoms with Crippen LogP contribution in [-0.2, 0) is 13.6 Å². The van der Waals surface area contributed by atoms with Crippen LogP contribution in [-0.4, -0.2) is 9.78 Å². The molecule has 0 atom stereocenters. The van der Waals surface area contributed by atoms with Gasteiger partial charge in [-0.2, -0.15) is 5.10 Å². The summed E-state index contributed by atoms with van der Waals surface area (Å²) in [5.74, 6) is 0. The van der Waals surface area contributed by atoms with Crippen molar-refractivity contribution in [3.05, 3.63) is 63.6 Å². The molecule has 0 saturated heterocycles. The number of aromatic nitrogens is 2. The lowest BCUT2D eigenvalue weighted by Gasteiger charge is -2.05. The van der Waals surface area contributed by atoms with E-state index in [0.717, 1.165) is 27.7 Å². The van der Waals surface area contributed by atoms with Crippen LogP contribution in [0.3, 0.4) is 0 Å². The summed E-state index contributed by atoms with van der Waals surface area (Å²) in [5.41, 5.74) is 3.59. The van der Waals surface area contributed by atoms with E-state index in [2.05, 4.69) is 9.94 Å². The first kappa shape index (κ1) is 13.9. The molecule has 3 aromatic rings. The van der Waals surface area contributed by atoms with Crippen molar-refractivity contribution in [2.45, 2.75) is 6.54 Å². The fraction of sp³-hybridized carbons (Fsp3) is 0.125. The largest absolute Gasteiger partial charge is 0.310 e. The molecule has 0 saturated carbocycles. The molecule has 2 aromatic carbocycles. The standard InChI is InChI=1S/C16H11Cl2N3/c1-19-9-15-13-5-3-4-12(16(13)20-21(15)2)11-7-6-10(17)8-14(11)18/h3-8H,9H2,2H3. The van der Waals surface area contributed by atoms with E-state index in [1.54, 1.807) is 10.7 Å². The molecule has 0 unspecified atom stereocenters. The highest BCUT2D eigenvalue weighted by Crippen LogP contribution is 2.35. The quantitative estimate of drug-likeness (QED) is 0.612. The third-order valence-corrected chi connectivity index (χ3v) is 3.99. The third-order valence-electron chi connectivity index (χ3n) is 3.44. The van der Waals surface area contributed by atoms with Crippen LogP contribution in [0.15, 0.2) is 36.4 Å². The van der Waals surface area contributed by atoms with Crippen LogP contribution in [0.4, 0.5) is 0 Å². The highest BCUT2D eigenvalue weighted by molar-refractivity contribution is 6.36. The van der Waals surface area contributed by atoms with E-state index >= 15 is 0 Å². The Labute approximate surface area is 132 Å². The molecule has 0 aliphatic heterocycles. The van der Waals surface area contributed by atoms with Crippen molar-refractivity contribution in [3.8, 4) is 11.1 Å². The number of halogens is 2. The van der Waals surface area contributed by atoms with Gasteiger partial charge in [0.15, 0.2) is 0 Å². The molecule has 0 N–H and O–H groups in total. The van der Waals surface area contributed by atoms with Gasteiger partial charge in [0.05, 0.1) is 0 Å². The number of rotatable bonds is 2. The zero-order valence-corrected chi connectivity index (χ0v) is 12.8. The Kier molecular flexibility index (Phi) is 3.59. The first-order chi connectivity index (χ1) is 10.1. The Hall–Kier alpha value is -2.02. The zero-order chi connectivity index (χ0) is 15.0. The first-order valence-corrected chi connectivity index (χ1v) is 7.10. The molecule has 1 aromatic heterocycles. The first-order valence-electron chi connectivity index (χ1n) is 6.35. The predicted octanol–water partition coefficient (Wildman–Crippen LogP) is 4.97. The van der Waals surface area contributed by atoms with Crippen molar-refractivity contribution in [3.63, 3.8) is 0 Å². The topological polar surface area (TPSA) is 22.2 Å². The lowest BCUT2D eigenvalue weighted by Crippen LogP contribution is -1.95. The van der Waals surface area contributed by atoms with Gasteiger partial charge in [0.1, 0.15) is 11.2 Å². The normalized spacial score (nSPS) is 10.8. The van der Waals surface area contributed by atoms with Crippen LogP contribution < -0.4 is 0 Å². The van der Waals surface area contributed by atoms with Crippen LogP contribution >= 0.6 is 23.2 Å². The fourth-order valence-corrected chi connectivity index (χ4v) is 2.97. The Bertz CT molecular complexity index is 875. The van der Waals surface area contributed by atoms with E-state index in [0.29, 0.717) is 16.6 Å². The van der Waals surface area contributed by atoms with Gasteiger partial charge in [-0.3, -0.25) is 4.68 Å². The van der Waals surface area contributed by atoms with E-state index < -0.39 is 0 Å². The maximum absolute atomic E-state index is 7.07. The molecule has 1 heterocycles. The highest BCUT2D eigenvalue weighted by Gasteiger charge is 2.16. The molecule has 104 valence electrons. The van der Waals surface area contributed by atoms with Crippen molar-refractivity contribution in [1.82, 2.24) is 9.78 Å². The van der Waals surface area contributed by atoms with Gasteiger partial charge in [-0.05, 0) is 12.1 Å². The van der Waals surface area contributed by atoms with Gasteiger partial charge in [-0.25, -0.2) is 6.57 Å². The number of hydrogen-bond acceptors (Lipinski definition) is 1. The molecule has 0 bridgehead atoms. The van der Waals surface area contributed by atoms with Crippen molar-refractivity contribution in [1.29, 1.82) is 0 Å². The van der Waals surface area contributed by atoms with E-state index in [9.17, 15) is 0 Å². The predicted molar refractivity (Wildman–Crippen MR) is 86.5 cm³/mol. The number of nitrogens with zero attached hydrogens (tertiary/aromatic N) is 3. The molecule has 5 heteroatoms. The number of fused-ring (bicyclic) bond motifs is 1. The summed E-state index contributed by atoms with van der Waals surface area (Å²) in [6.45, 7) is 7.38. The lowest BCUT2D eigenvalue weighted by molar-refractivity contribution is 0.737. The molecular weight excluding hydrogens is 305 g/mol. The van der Waals surface area contributed by atoms with Crippen LogP contribution in [0.2, 0.25) is 10.0 Å². The van der Waals surface area contributed by atoms with Crippen molar-refractivity contribution in [2.75, 3.05) is 0 Å². The molecule has 0 amide bonds. The summed E-state index contributed by atoms with van der Waals surface area (Å²) in [4.78, 5) is 3.47. The Morgan fingerprint density at radius 1 is 1.19 bits per heavy atom. The maximum atomic E-state index is 7.07. The third kappa shape index (κ3) is 2.37. The second kappa shape index (κ2) is 5.40. The van der Waals surface area contributed by atoms with Crippen LogP contribution in [0.5, 0.6) is 0 Å². The van der Waals surface area contributed by atoms with Crippen LogP contribution in [0.1, 0.15) is 5.69 Å². The van der Waals surface area contributed by atoms with Crippen LogP contribution in [0.25, 0.3) is 26.9 Å². The van der Waals surface area contributed by atoms with E-state index in [1.165, 1.54) is 0 Å². The Balaban J connectivity index is 2.29. The van der Waals surface area contributed by atoms with Gasteiger partial charge >= 0.3 is 0 Å². The van der Waals surface area contributed by atoms with Crippen molar-refractivity contribution < 1.29 is 0 Å². The lowest BCUT2D eigenvalue weighted by atomic mass is 10.0. The van der Waals surface area contributed by atoms with E-state index in [-0.39, 0.29) is 0 Å². The number of benzene rings is 2. The molecule has 0 spiro atoms. The molecule has 3 nitrogen and oxygen atoms in total. The van der Waals surface area contributed by atoms with Gasteiger partial charge in [0, 0.05) is 33.6 Å². The van der Waals surface area contributed by atoms with Gasteiger partial charge in [-0.15, -0.1) is 0 Å². The molecule has 3 rings (SSSR count). The highest BCUT2D eigenvalue weighted by atomic mass is 35.5. The molecule has 0 fully saturated rings. The maximum Gasteiger partial charge on any atom is 0.256 e. The van der Waals surface area contributed by atoms with Gasteiger partial charge in [0.25, 0.3) is 6.54 Å². The van der Waals surface area contributed by atoms with Crippen LogP contribution in [0, 0.1) is 6.57 Å². The molecule has 0 radical (unpaired) electrons. The summed E-state index contributed by atoms with van der Waals surface area (Å²) in [7, 11) is 1.85. The Morgan fingerprint density at radius 3 is 2.71 bits per heavy atom. The van der Waals surface area contributed by atoms with E-state index in [4.69, 9.17) is 29.8 Å². The molecule has 0 aliphatic carbocycles. The number of hydrogen-bond donors (Lipinski definition) is 0. The average molecular weight is 316 g/mol. The molecule has 21 heavy (non-hydrogen) atoms. The minimum absolute atomic E-state index is 0.310. The second-order valence-corrected chi connectivity index (χ2v) is 5.56. The summed E-state index contributed by atoms with van der Waals surface area (Å²) < 4.78 is 1.76. The molecular formula is C16H11Cl2N3. The van der Waals surface area contributed by atoms with Crippen molar-refractivity contribution >= 4 is 34.1 Å². The average Bonchev–Trinajstić information content (AvgIpc) is 2.76. The summed E-state index contributed by atoms with van der Waals surface area (Å²) in [6, 6.07) is 11.3. The minimum atomic E-state index is 0.310. The van der Waals surface area contributed by atoms with Gasteiger partial charge < -0.3 is 4.85 Å². The van der Waals surface area contributed by atoms with Gasteiger partial charge in [-0.1, -0.05) is 47.5 Å². The number of aryl methyl sites for hydroxylation is 1. The summed E-state index contributed by atoms with van der Waals surface area (Å²) in [6.07, 6.45) is 0.